The molecule has 7 fully saturated rings. The van der Waals surface area contributed by atoms with Gasteiger partial charge in [0.1, 0.15) is 22.7 Å². The number of carbonyl (C=O) groups is 2. The van der Waals surface area contributed by atoms with E-state index in [1.54, 1.807) is 13.8 Å². The van der Waals surface area contributed by atoms with Crippen LogP contribution >= 0.6 is 0 Å². The lowest BCUT2D eigenvalue weighted by atomic mass is 9.54. The molecular formula is C20H26O7. The van der Waals surface area contributed by atoms with E-state index in [9.17, 15) is 19.8 Å². The maximum absolute atomic E-state index is 13.7. The number of hydrogen-bond donors (Lipinski definition) is 2. The normalized spacial score (nSPS) is 68.1. The van der Waals surface area contributed by atoms with E-state index in [2.05, 4.69) is 0 Å². The van der Waals surface area contributed by atoms with Gasteiger partial charge in [-0.15, -0.1) is 0 Å². The molecule has 7 heteroatoms. The van der Waals surface area contributed by atoms with Gasteiger partial charge in [-0.25, -0.2) is 0 Å². The molecule has 27 heavy (non-hydrogen) atoms. The number of esters is 1. The van der Waals surface area contributed by atoms with E-state index >= 15 is 0 Å². The molecule has 7 rings (SSSR count). The van der Waals surface area contributed by atoms with Gasteiger partial charge in [0, 0.05) is 11.8 Å². The van der Waals surface area contributed by atoms with E-state index in [1.165, 1.54) is 0 Å². The summed E-state index contributed by atoms with van der Waals surface area (Å²) in [6.45, 7) is 7.36. The minimum Gasteiger partial charge on any atom is -0.455 e. The Morgan fingerprint density at radius 1 is 1.07 bits per heavy atom. The van der Waals surface area contributed by atoms with Crippen molar-refractivity contribution in [2.75, 3.05) is 0 Å². The van der Waals surface area contributed by atoms with Gasteiger partial charge >= 0.3 is 5.97 Å². The van der Waals surface area contributed by atoms with Crippen molar-refractivity contribution >= 4 is 11.8 Å². The molecule has 5 aliphatic heterocycles. The van der Waals surface area contributed by atoms with Crippen LogP contribution in [0.1, 0.15) is 47.0 Å². The number of hydrogen-bond acceptors (Lipinski definition) is 7. The van der Waals surface area contributed by atoms with Crippen LogP contribution in [-0.2, 0) is 23.8 Å². The summed E-state index contributed by atoms with van der Waals surface area (Å²) in [7, 11) is 0. The fourth-order valence-corrected chi connectivity index (χ4v) is 7.92. The number of aliphatic hydroxyl groups is 2. The Hall–Kier alpha value is -1.02. The van der Waals surface area contributed by atoms with Gasteiger partial charge in [-0.1, -0.05) is 13.8 Å². The molecule has 2 N–H and O–H groups in total. The van der Waals surface area contributed by atoms with Crippen LogP contribution in [0.3, 0.4) is 0 Å². The third-order valence-electron chi connectivity index (χ3n) is 9.20. The van der Waals surface area contributed by atoms with E-state index in [0.29, 0.717) is 19.3 Å². The molecule has 11 atom stereocenters. The smallest absolute Gasteiger partial charge is 0.318 e. The van der Waals surface area contributed by atoms with Crippen molar-refractivity contribution in [2.45, 2.75) is 81.3 Å². The number of aliphatic hydroxyl groups excluding tert-OH is 1. The summed E-state index contributed by atoms with van der Waals surface area (Å²) in [4.78, 5) is 26.9. The van der Waals surface area contributed by atoms with Crippen LogP contribution in [0.5, 0.6) is 0 Å². The topological polar surface area (TPSA) is 102 Å². The second kappa shape index (κ2) is 4.13. The SMILES string of the molecule is C[C@H]1C[C@]23OC(=O)[C@@H]4[C@@]5(O)O[C@](C)(C[C@@H]5C)C(=O)[C@H]5C[C@H]2[C@H](O)[C@@]1(C)O[C@]543. The Morgan fingerprint density at radius 2 is 1.78 bits per heavy atom. The Labute approximate surface area is 157 Å². The van der Waals surface area contributed by atoms with Gasteiger partial charge < -0.3 is 24.4 Å². The van der Waals surface area contributed by atoms with Crippen LogP contribution in [-0.4, -0.2) is 56.3 Å². The molecule has 7 aliphatic rings. The van der Waals surface area contributed by atoms with Crippen LogP contribution in [0.15, 0.2) is 0 Å². The number of ketones is 1. The van der Waals surface area contributed by atoms with Crippen molar-refractivity contribution < 1.29 is 34.0 Å². The molecule has 6 bridgehead atoms. The molecule has 2 aliphatic carbocycles. The van der Waals surface area contributed by atoms with Crippen molar-refractivity contribution in [3.05, 3.63) is 0 Å². The predicted molar refractivity (Wildman–Crippen MR) is 89.1 cm³/mol. The summed E-state index contributed by atoms with van der Waals surface area (Å²) in [5.41, 5.74) is -4.40. The Kier molecular flexibility index (Phi) is 2.58. The molecule has 0 aromatic rings. The maximum atomic E-state index is 13.7. The first-order valence-corrected chi connectivity index (χ1v) is 10.0. The zero-order valence-corrected chi connectivity index (χ0v) is 16.0. The van der Waals surface area contributed by atoms with Gasteiger partial charge in [-0.05, 0) is 39.0 Å². The van der Waals surface area contributed by atoms with Crippen molar-refractivity contribution in [2.24, 2.45) is 29.6 Å². The summed E-state index contributed by atoms with van der Waals surface area (Å²) in [5, 5.41) is 22.7. The molecule has 0 radical (unpaired) electrons. The molecule has 2 spiro atoms. The van der Waals surface area contributed by atoms with Gasteiger partial charge in [0.2, 0.25) is 0 Å². The molecular weight excluding hydrogens is 352 g/mol. The first kappa shape index (κ1) is 16.9. The van der Waals surface area contributed by atoms with E-state index in [1.807, 2.05) is 13.8 Å². The minimum atomic E-state index is -1.81. The van der Waals surface area contributed by atoms with Crippen LogP contribution in [0.4, 0.5) is 0 Å². The lowest BCUT2D eigenvalue weighted by molar-refractivity contribution is -0.370. The monoisotopic (exact) mass is 378 g/mol. The molecule has 148 valence electrons. The largest absolute Gasteiger partial charge is 0.455 e. The molecule has 0 aromatic heterocycles. The number of fused-ring (bicyclic) bond motifs is 4. The average Bonchev–Trinajstić information content (AvgIpc) is 3.01. The molecule has 5 heterocycles. The van der Waals surface area contributed by atoms with Crippen LogP contribution < -0.4 is 0 Å². The highest BCUT2D eigenvalue weighted by Gasteiger charge is 2.91. The summed E-state index contributed by atoms with van der Waals surface area (Å²) in [5.74, 6) is -5.04. The van der Waals surface area contributed by atoms with E-state index in [4.69, 9.17) is 14.2 Å². The summed E-state index contributed by atoms with van der Waals surface area (Å²) >= 11 is 0. The minimum absolute atomic E-state index is 0.0428. The third kappa shape index (κ3) is 1.35. The van der Waals surface area contributed by atoms with Gasteiger partial charge in [-0.3, -0.25) is 9.59 Å². The number of Topliss-reactive ketones (excluding diaryl/α,β-unsaturated/α-hetero) is 1. The highest BCUT2D eigenvalue weighted by molar-refractivity contribution is 5.95. The molecule has 0 unspecified atom stereocenters. The van der Waals surface area contributed by atoms with Crippen molar-refractivity contribution in [3.8, 4) is 0 Å². The lowest BCUT2D eigenvalue weighted by Crippen LogP contribution is -2.78. The Morgan fingerprint density at radius 3 is 2.48 bits per heavy atom. The summed E-state index contributed by atoms with van der Waals surface area (Å²) < 4.78 is 18.6. The Bertz CT molecular complexity index is 812. The first-order valence-electron chi connectivity index (χ1n) is 10.0. The fraction of sp³-hybridized carbons (Fsp3) is 0.900. The van der Waals surface area contributed by atoms with E-state index in [0.717, 1.165) is 0 Å². The van der Waals surface area contributed by atoms with Gasteiger partial charge in [0.15, 0.2) is 11.6 Å². The van der Waals surface area contributed by atoms with Gasteiger partial charge in [0.25, 0.3) is 0 Å². The molecule has 0 aromatic carbocycles. The second-order valence-electron chi connectivity index (χ2n) is 10.3. The van der Waals surface area contributed by atoms with E-state index in [-0.39, 0.29) is 17.6 Å². The number of rotatable bonds is 0. The number of carbonyl (C=O) groups excluding carboxylic acids is 2. The lowest BCUT2D eigenvalue weighted by Gasteiger charge is -2.64. The average molecular weight is 378 g/mol. The standard InChI is InChI=1S/C20H26O7/c1-8-7-18-10-5-11-13(21)16(3)6-9(2)20(24,26-16)12(15(23)25-18)19(11,18)27-17(8,4)14(10)22/h8-12,14,22,24H,5-7H2,1-4H3/t8-,9-,10-,11+,12-,14-,16+,17-,18-,19+,20-/m0/s1. The quantitative estimate of drug-likeness (QED) is 0.594. The third-order valence-corrected chi connectivity index (χ3v) is 9.20. The Balaban J connectivity index is 1.68. The number of ether oxygens (including phenoxy) is 3. The van der Waals surface area contributed by atoms with Crippen LogP contribution in [0, 0.1) is 29.6 Å². The van der Waals surface area contributed by atoms with Crippen molar-refractivity contribution in [1.82, 2.24) is 0 Å². The van der Waals surface area contributed by atoms with Gasteiger partial charge in [0.05, 0.1) is 17.6 Å². The molecule has 0 amide bonds. The molecule has 5 saturated heterocycles. The highest BCUT2D eigenvalue weighted by Crippen LogP contribution is 2.76. The molecule has 2 saturated carbocycles. The first-order chi connectivity index (χ1) is 12.5. The summed E-state index contributed by atoms with van der Waals surface area (Å²) in [6.07, 6.45) is 0.456. The zero-order valence-electron chi connectivity index (χ0n) is 16.0. The highest BCUT2D eigenvalue weighted by atomic mass is 16.7. The van der Waals surface area contributed by atoms with Gasteiger partial charge in [-0.2, -0.15) is 0 Å². The van der Waals surface area contributed by atoms with Crippen molar-refractivity contribution in [3.63, 3.8) is 0 Å². The zero-order chi connectivity index (χ0) is 19.4. The summed E-state index contributed by atoms with van der Waals surface area (Å²) in [6, 6.07) is 0. The predicted octanol–water partition coefficient (Wildman–Crippen LogP) is 0.549. The second-order valence-corrected chi connectivity index (χ2v) is 10.3. The van der Waals surface area contributed by atoms with Crippen LogP contribution in [0.25, 0.3) is 0 Å². The molecule has 7 nitrogen and oxygen atoms in total. The van der Waals surface area contributed by atoms with Crippen LogP contribution in [0.2, 0.25) is 0 Å². The van der Waals surface area contributed by atoms with E-state index < -0.39 is 58.0 Å². The fourth-order valence-electron chi connectivity index (χ4n) is 7.92. The van der Waals surface area contributed by atoms with Crippen molar-refractivity contribution in [1.29, 1.82) is 0 Å². The maximum Gasteiger partial charge on any atom is 0.318 e.